The molecular formula is C21H25N5O2S. The molecule has 3 aromatic rings. The molecule has 4 rings (SSSR count). The Morgan fingerprint density at radius 1 is 1.34 bits per heavy atom. The third-order valence-corrected chi connectivity index (χ3v) is 6.36. The molecule has 0 radical (unpaired) electrons. The predicted octanol–water partition coefficient (Wildman–Crippen LogP) is 3.34. The molecule has 1 aliphatic rings. The van der Waals surface area contributed by atoms with Crippen molar-refractivity contribution in [2.75, 3.05) is 23.3 Å². The molecule has 29 heavy (non-hydrogen) atoms. The lowest BCUT2D eigenvalue weighted by molar-refractivity contribution is -0.116. The summed E-state index contributed by atoms with van der Waals surface area (Å²) in [5.41, 5.74) is 3.11. The Balaban J connectivity index is 1.54. The van der Waals surface area contributed by atoms with Gasteiger partial charge in [-0.1, -0.05) is 36.0 Å². The van der Waals surface area contributed by atoms with E-state index in [-0.39, 0.29) is 18.0 Å². The summed E-state index contributed by atoms with van der Waals surface area (Å²) in [4.78, 5) is 36.5. The Bertz CT molecular complexity index is 1120. The van der Waals surface area contributed by atoms with E-state index >= 15 is 0 Å². The first-order valence-corrected chi connectivity index (χ1v) is 10.7. The van der Waals surface area contributed by atoms with Gasteiger partial charge in [0.15, 0.2) is 10.8 Å². The van der Waals surface area contributed by atoms with E-state index in [1.54, 1.807) is 0 Å². The van der Waals surface area contributed by atoms with Crippen molar-refractivity contribution in [3.05, 3.63) is 46.0 Å². The number of amides is 1. The van der Waals surface area contributed by atoms with Crippen molar-refractivity contribution in [3.63, 3.8) is 0 Å². The zero-order valence-electron chi connectivity index (χ0n) is 16.9. The normalized spacial score (nSPS) is 16.9. The number of piperidine rings is 1. The van der Waals surface area contributed by atoms with Crippen LogP contribution in [0, 0.1) is 19.8 Å². The van der Waals surface area contributed by atoms with Crippen LogP contribution in [0.15, 0.2) is 29.3 Å². The van der Waals surface area contributed by atoms with Crippen LogP contribution < -0.4 is 15.8 Å². The van der Waals surface area contributed by atoms with Crippen LogP contribution in [0.25, 0.3) is 10.3 Å². The molecule has 0 spiro atoms. The lowest BCUT2D eigenvalue weighted by Crippen LogP contribution is -2.34. The van der Waals surface area contributed by atoms with Gasteiger partial charge in [-0.25, -0.2) is 4.98 Å². The summed E-state index contributed by atoms with van der Waals surface area (Å²) in [6.07, 6.45) is 3.77. The van der Waals surface area contributed by atoms with E-state index in [1.165, 1.54) is 28.7 Å². The second kappa shape index (κ2) is 7.94. The van der Waals surface area contributed by atoms with Crippen molar-refractivity contribution in [1.29, 1.82) is 0 Å². The summed E-state index contributed by atoms with van der Waals surface area (Å²) in [6, 6.07) is 5.83. The van der Waals surface area contributed by atoms with Crippen LogP contribution in [0.4, 0.5) is 10.8 Å². The highest BCUT2D eigenvalue weighted by Crippen LogP contribution is 2.29. The van der Waals surface area contributed by atoms with Gasteiger partial charge in [0.05, 0.1) is 0 Å². The van der Waals surface area contributed by atoms with Crippen LogP contribution in [0.1, 0.15) is 30.9 Å². The Hall–Kier alpha value is -2.74. The lowest BCUT2D eigenvalue weighted by Gasteiger charge is -2.30. The van der Waals surface area contributed by atoms with Crippen LogP contribution >= 0.6 is 11.3 Å². The standard InChI is InChI=1S/C21H25N5O2S/c1-13-6-7-16(15(3)9-13)23-17(27)11-26-12-22-19-18(20(26)28)29-21(24-19)25-8-4-5-14(2)10-25/h6-7,9,12,14H,4-5,8,10-11H2,1-3H3,(H,23,27)/t14-/m0/s1. The average Bonchev–Trinajstić information content (AvgIpc) is 3.12. The molecule has 3 heterocycles. The maximum atomic E-state index is 12.9. The molecule has 7 nitrogen and oxygen atoms in total. The second-order valence-corrected chi connectivity index (χ2v) is 8.86. The molecule has 1 saturated heterocycles. The van der Waals surface area contributed by atoms with Gasteiger partial charge >= 0.3 is 0 Å². The molecule has 0 bridgehead atoms. The SMILES string of the molecule is Cc1ccc(NC(=O)Cn2cnc3nc(N4CCC[C@H](C)C4)sc3c2=O)c(C)c1. The van der Waals surface area contributed by atoms with Gasteiger partial charge in [-0.3, -0.25) is 14.2 Å². The summed E-state index contributed by atoms with van der Waals surface area (Å²) in [6.45, 7) is 8.01. The minimum absolute atomic E-state index is 0.0803. The third-order valence-electron chi connectivity index (χ3n) is 5.27. The summed E-state index contributed by atoms with van der Waals surface area (Å²) < 4.78 is 1.85. The molecule has 1 amide bonds. The summed E-state index contributed by atoms with van der Waals surface area (Å²) in [7, 11) is 0. The smallest absolute Gasteiger partial charge is 0.273 e. The number of aromatic nitrogens is 3. The topological polar surface area (TPSA) is 80.1 Å². The Morgan fingerprint density at radius 2 is 2.17 bits per heavy atom. The highest BCUT2D eigenvalue weighted by molar-refractivity contribution is 7.22. The Kier molecular flexibility index (Phi) is 5.36. The van der Waals surface area contributed by atoms with E-state index in [0.717, 1.165) is 41.5 Å². The van der Waals surface area contributed by atoms with E-state index in [0.29, 0.717) is 16.3 Å². The van der Waals surface area contributed by atoms with Crippen molar-refractivity contribution < 1.29 is 4.79 Å². The minimum atomic E-state index is -0.255. The number of hydrogen-bond donors (Lipinski definition) is 1. The second-order valence-electron chi connectivity index (χ2n) is 7.89. The number of benzene rings is 1. The number of aryl methyl sites for hydroxylation is 2. The molecule has 152 valence electrons. The van der Waals surface area contributed by atoms with Crippen LogP contribution in [-0.2, 0) is 11.3 Å². The predicted molar refractivity (Wildman–Crippen MR) is 117 cm³/mol. The van der Waals surface area contributed by atoms with E-state index in [9.17, 15) is 9.59 Å². The first-order valence-electron chi connectivity index (χ1n) is 9.89. The fourth-order valence-corrected chi connectivity index (χ4v) is 4.75. The number of anilines is 2. The van der Waals surface area contributed by atoms with Gasteiger partial charge < -0.3 is 10.2 Å². The maximum absolute atomic E-state index is 12.9. The molecule has 1 aromatic carbocycles. The molecule has 0 unspecified atom stereocenters. The molecule has 0 saturated carbocycles. The highest BCUT2D eigenvalue weighted by Gasteiger charge is 2.21. The van der Waals surface area contributed by atoms with Crippen LogP contribution in [0.5, 0.6) is 0 Å². The van der Waals surface area contributed by atoms with E-state index in [2.05, 4.69) is 27.1 Å². The van der Waals surface area contributed by atoms with Crippen LogP contribution in [0.3, 0.4) is 0 Å². The van der Waals surface area contributed by atoms with Crippen molar-refractivity contribution in [2.45, 2.75) is 40.2 Å². The van der Waals surface area contributed by atoms with E-state index < -0.39 is 0 Å². The van der Waals surface area contributed by atoms with Gasteiger partial charge in [0.2, 0.25) is 5.91 Å². The third kappa shape index (κ3) is 4.17. The molecule has 1 N–H and O–H groups in total. The van der Waals surface area contributed by atoms with Gasteiger partial charge in [0.1, 0.15) is 17.6 Å². The molecule has 2 aromatic heterocycles. The molecule has 1 aliphatic heterocycles. The molecule has 1 fully saturated rings. The summed E-state index contributed by atoms with van der Waals surface area (Å²) in [5, 5.41) is 3.72. The first-order chi connectivity index (χ1) is 13.9. The Morgan fingerprint density at radius 3 is 2.93 bits per heavy atom. The van der Waals surface area contributed by atoms with Crippen LogP contribution in [0.2, 0.25) is 0 Å². The zero-order valence-corrected chi connectivity index (χ0v) is 17.8. The van der Waals surface area contributed by atoms with Crippen molar-refractivity contribution in [2.24, 2.45) is 5.92 Å². The van der Waals surface area contributed by atoms with Crippen molar-refractivity contribution in [3.8, 4) is 0 Å². The minimum Gasteiger partial charge on any atom is -0.348 e. The highest BCUT2D eigenvalue weighted by atomic mass is 32.1. The van der Waals surface area contributed by atoms with Crippen LogP contribution in [-0.4, -0.2) is 33.5 Å². The number of rotatable bonds is 4. The number of fused-ring (bicyclic) bond motifs is 1. The van der Waals surface area contributed by atoms with Gasteiger partial charge in [-0.05, 0) is 44.2 Å². The van der Waals surface area contributed by atoms with Gasteiger partial charge in [-0.15, -0.1) is 0 Å². The fourth-order valence-electron chi connectivity index (χ4n) is 3.74. The number of thiazole rings is 1. The lowest BCUT2D eigenvalue weighted by atomic mass is 10.0. The largest absolute Gasteiger partial charge is 0.348 e. The van der Waals surface area contributed by atoms with Crippen molar-refractivity contribution in [1.82, 2.24) is 14.5 Å². The van der Waals surface area contributed by atoms with Gasteiger partial charge in [0, 0.05) is 18.8 Å². The maximum Gasteiger partial charge on any atom is 0.273 e. The Labute approximate surface area is 173 Å². The van der Waals surface area contributed by atoms with E-state index in [1.807, 2.05) is 32.0 Å². The number of carbonyl (C=O) groups is 1. The number of carbonyl (C=O) groups excluding carboxylic acids is 1. The molecule has 1 atom stereocenters. The monoisotopic (exact) mass is 411 g/mol. The molecule has 8 heteroatoms. The number of hydrogen-bond acceptors (Lipinski definition) is 6. The van der Waals surface area contributed by atoms with Crippen molar-refractivity contribution >= 4 is 38.4 Å². The average molecular weight is 412 g/mol. The summed E-state index contributed by atoms with van der Waals surface area (Å²) >= 11 is 1.37. The van der Waals surface area contributed by atoms with Gasteiger partial charge in [0.25, 0.3) is 5.56 Å². The first kappa shape index (κ1) is 19.6. The summed E-state index contributed by atoms with van der Waals surface area (Å²) in [5.74, 6) is 0.365. The molecular weight excluding hydrogens is 386 g/mol. The fraction of sp³-hybridized carbons (Fsp3) is 0.429. The molecule has 0 aliphatic carbocycles. The van der Waals surface area contributed by atoms with Gasteiger partial charge in [-0.2, -0.15) is 4.98 Å². The zero-order chi connectivity index (χ0) is 20.5. The quantitative estimate of drug-likeness (QED) is 0.712. The number of nitrogens with one attached hydrogen (secondary N) is 1. The number of nitrogens with zero attached hydrogens (tertiary/aromatic N) is 4. The van der Waals surface area contributed by atoms with E-state index in [4.69, 9.17) is 0 Å².